The van der Waals surface area contributed by atoms with Crippen molar-refractivity contribution in [1.29, 1.82) is 0 Å². The molecule has 4 unspecified atom stereocenters. The van der Waals surface area contributed by atoms with Crippen molar-refractivity contribution in [3.63, 3.8) is 0 Å². The summed E-state index contributed by atoms with van der Waals surface area (Å²) in [7, 11) is 7.46. The molecular weight excluding hydrogens is 532 g/mol. The van der Waals surface area contributed by atoms with E-state index >= 15 is 0 Å². The number of aryl methyl sites for hydroxylation is 2. The maximum atomic E-state index is 14.1. The van der Waals surface area contributed by atoms with E-state index in [4.69, 9.17) is 4.74 Å². The lowest BCUT2D eigenvalue weighted by Gasteiger charge is -2.29. The number of nitrogens with zero attached hydrogens (tertiary/aromatic N) is 7. The first kappa shape index (κ1) is 27.9. The minimum Gasteiger partial charge on any atom is -0.497 e. The van der Waals surface area contributed by atoms with E-state index in [1.165, 1.54) is 5.56 Å². The molecule has 4 aromatic rings. The summed E-state index contributed by atoms with van der Waals surface area (Å²) in [6, 6.07) is 13.1. The summed E-state index contributed by atoms with van der Waals surface area (Å²) in [5.41, 5.74) is 4.83. The Balaban J connectivity index is 1.18. The zero-order chi connectivity index (χ0) is 29.4. The highest BCUT2D eigenvalue weighted by molar-refractivity contribution is 5.90. The molecule has 1 N–H and O–H groups in total. The number of benzene rings is 2. The quantitative estimate of drug-likeness (QED) is 0.346. The van der Waals surface area contributed by atoms with Gasteiger partial charge >= 0.3 is 0 Å². The predicted molar refractivity (Wildman–Crippen MR) is 158 cm³/mol. The number of likely N-dealkylation sites (tertiary alicyclic amines) is 2. The molecule has 0 aliphatic carbocycles. The van der Waals surface area contributed by atoms with Crippen LogP contribution >= 0.6 is 0 Å². The van der Waals surface area contributed by atoms with Crippen molar-refractivity contribution >= 4 is 22.8 Å². The molecule has 220 valence electrons. The van der Waals surface area contributed by atoms with E-state index in [-0.39, 0.29) is 29.7 Å². The monoisotopic (exact) mass is 570 g/mol. The maximum absolute atomic E-state index is 14.1. The fourth-order valence-electron chi connectivity index (χ4n) is 6.50. The van der Waals surface area contributed by atoms with Crippen LogP contribution in [-0.2, 0) is 36.6 Å². The van der Waals surface area contributed by atoms with Gasteiger partial charge in [-0.15, -0.1) is 5.10 Å². The van der Waals surface area contributed by atoms with E-state index in [1.807, 2.05) is 67.1 Å². The number of hydrogen-bond acceptors (Lipinski definition) is 7. The van der Waals surface area contributed by atoms with Gasteiger partial charge in [-0.25, -0.2) is 9.67 Å². The van der Waals surface area contributed by atoms with Crippen LogP contribution in [0.25, 0.3) is 11.0 Å². The fraction of sp³-hybridized carbons (Fsp3) is 0.452. The second-order valence-corrected chi connectivity index (χ2v) is 11.8. The first-order chi connectivity index (χ1) is 20.3. The van der Waals surface area contributed by atoms with Crippen molar-refractivity contribution in [3.05, 3.63) is 71.8 Å². The molecule has 42 heavy (non-hydrogen) atoms. The van der Waals surface area contributed by atoms with Gasteiger partial charge in [0.15, 0.2) is 0 Å². The topological polar surface area (TPSA) is 110 Å². The number of imidazole rings is 1. The number of hydrogen-bond donors (Lipinski definition) is 1. The van der Waals surface area contributed by atoms with Crippen LogP contribution in [0.4, 0.5) is 0 Å². The molecule has 2 amide bonds. The van der Waals surface area contributed by atoms with Gasteiger partial charge in [-0.3, -0.25) is 14.5 Å². The Hall–Kier alpha value is -4.25. The van der Waals surface area contributed by atoms with Crippen LogP contribution in [0.2, 0.25) is 0 Å². The Morgan fingerprint density at radius 2 is 1.79 bits per heavy atom. The molecule has 0 saturated carbocycles. The number of aromatic nitrogens is 5. The van der Waals surface area contributed by atoms with Crippen molar-refractivity contribution in [2.75, 3.05) is 27.2 Å². The average molecular weight is 571 g/mol. The SMILES string of the molecule is COc1ccc(CC2CC(C(=O)NCc3ccc4c(c3)nnn4C)N(C(=O)C3CC(c4cn(C)cn4)CN3C)C2)cc1. The van der Waals surface area contributed by atoms with Crippen molar-refractivity contribution in [1.82, 2.24) is 39.7 Å². The largest absolute Gasteiger partial charge is 0.497 e. The van der Waals surface area contributed by atoms with Gasteiger partial charge in [0.25, 0.3) is 0 Å². The first-order valence-corrected chi connectivity index (χ1v) is 14.5. The van der Waals surface area contributed by atoms with Crippen LogP contribution in [0.3, 0.4) is 0 Å². The van der Waals surface area contributed by atoms with Gasteiger partial charge in [-0.1, -0.05) is 23.4 Å². The van der Waals surface area contributed by atoms with Crippen LogP contribution in [0.15, 0.2) is 55.0 Å². The summed E-state index contributed by atoms with van der Waals surface area (Å²) in [4.78, 5) is 36.3. The third-order valence-corrected chi connectivity index (χ3v) is 8.78. The average Bonchev–Trinajstić information content (AvgIpc) is 3.78. The Bertz CT molecular complexity index is 1580. The van der Waals surface area contributed by atoms with E-state index in [9.17, 15) is 9.59 Å². The lowest BCUT2D eigenvalue weighted by Crippen LogP contribution is -2.51. The second-order valence-electron chi connectivity index (χ2n) is 11.8. The van der Waals surface area contributed by atoms with E-state index in [2.05, 4.69) is 37.6 Å². The number of methoxy groups -OCH3 is 1. The molecule has 0 radical (unpaired) electrons. The number of likely N-dealkylation sites (N-methyl/N-ethyl adjacent to an activating group) is 1. The third-order valence-electron chi connectivity index (χ3n) is 8.78. The van der Waals surface area contributed by atoms with Crippen LogP contribution in [-0.4, -0.2) is 85.5 Å². The minimum absolute atomic E-state index is 0.0225. The molecule has 2 fully saturated rings. The number of fused-ring (bicyclic) bond motifs is 1. The molecule has 2 aromatic heterocycles. The van der Waals surface area contributed by atoms with Gasteiger partial charge in [0.05, 0.1) is 30.7 Å². The predicted octanol–water partition coefficient (Wildman–Crippen LogP) is 2.27. The zero-order valence-electron chi connectivity index (χ0n) is 24.6. The Morgan fingerprint density at radius 3 is 2.52 bits per heavy atom. The molecule has 4 heterocycles. The number of amides is 2. The minimum atomic E-state index is -0.525. The number of carbonyl (C=O) groups is 2. The number of rotatable bonds is 8. The molecule has 2 aromatic carbocycles. The fourth-order valence-corrected chi connectivity index (χ4v) is 6.50. The normalized spacial score (nSPS) is 22.6. The van der Waals surface area contributed by atoms with Crippen molar-refractivity contribution in [2.24, 2.45) is 20.0 Å². The van der Waals surface area contributed by atoms with Gasteiger partial charge in [0.1, 0.15) is 17.3 Å². The molecule has 6 rings (SSSR count). The highest BCUT2D eigenvalue weighted by Crippen LogP contribution is 2.34. The number of nitrogens with one attached hydrogen (secondary N) is 1. The van der Waals surface area contributed by atoms with Crippen molar-refractivity contribution in [2.45, 2.75) is 43.8 Å². The molecule has 0 bridgehead atoms. The van der Waals surface area contributed by atoms with E-state index in [0.717, 1.165) is 41.0 Å². The van der Waals surface area contributed by atoms with E-state index < -0.39 is 6.04 Å². The first-order valence-electron chi connectivity index (χ1n) is 14.5. The molecule has 11 heteroatoms. The van der Waals surface area contributed by atoms with Crippen molar-refractivity contribution in [3.8, 4) is 5.75 Å². The second kappa shape index (κ2) is 11.6. The molecule has 11 nitrogen and oxygen atoms in total. The number of carbonyl (C=O) groups excluding carboxylic acids is 2. The number of ether oxygens (including phenoxy) is 1. The van der Waals surface area contributed by atoms with Gasteiger partial charge in [-0.2, -0.15) is 0 Å². The Morgan fingerprint density at radius 1 is 1.00 bits per heavy atom. The zero-order valence-corrected chi connectivity index (χ0v) is 24.6. The summed E-state index contributed by atoms with van der Waals surface area (Å²) >= 11 is 0. The Kier molecular flexibility index (Phi) is 7.68. The third kappa shape index (κ3) is 5.61. The standard InChI is InChI=1S/C31H38N8O3/c1-36-18-26(33-19-36)23-14-29(37(2)17-23)31(41)39-16-22(11-20-5-8-24(42-4)9-6-20)13-28(39)30(40)32-15-21-7-10-27-25(12-21)34-35-38(27)3/h5-10,12,18-19,22-23,28-29H,11,13-17H2,1-4H3,(H,32,40). The molecule has 4 atom stereocenters. The summed E-state index contributed by atoms with van der Waals surface area (Å²) in [5, 5.41) is 11.4. The summed E-state index contributed by atoms with van der Waals surface area (Å²) in [6.45, 7) is 1.67. The summed E-state index contributed by atoms with van der Waals surface area (Å²) in [6.07, 6.45) is 5.93. The smallest absolute Gasteiger partial charge is 0.243 e. The highest BCUT2D eigenvalue weighted by atomic mass is 16.5. The Labute approximate surface area is 245 Å². The maximum Gasteiger partial charge on any atom is 0.243 e. The van der Waals surface area contributed by atoms with E-state index in [0.29, 0.717) is 25.9 Å². The molecular formula is C31H38N8O3. The molecule has 0 spiro atoms. The highest BCUT2D eigenvalue weighted by Gasteiger charge is 2.45. The van der Waals surface area contributed by atoms with E-state index in [1.54, 1.807) is 18.1 Å². The van der Waals surface area contributed by atoms with Crippen LogP contribution < -0.4 is 10.1 Å². The lowest BCUT2D eigenvalue weighted by molar-refractivity contribution is -0.141. The van der Waals surface area contributed by atoms with Gasteiger partial charge in [0, 0.05) is 45.8 Å². The molecule has 2 saturated heterocycles. The molecule has 2 aliphatic rings. The van der Waals surface area contributed by atoms with Crippen LogP contribution in [0.1, 0.15) is 35.6 Å². The lowest BCUT2D eigenvalue weighted by atomic mass is 9.96. The van der Waals surface area contributed by atoms with Crippen molar-refractivity contribution < 1.29 is 14.3 Å². The van der Waals surface area contributed by atoms with Gasteiger partial charge in [0.2, 0.25) is 11.8 Å². The van der Waals surface area contributed by atoms with Gasteiger partial charge in [-0.05, 0) is 67.6 Å². The van der Waals surface area contributed by atoms with Gasteiger partial charge < -0.3 is 19.5 Å². The molecule has 2 aliphatic heterocycles. The van der Waals surface area contributed by atoms with Crippen LogP contribution in [0.5, 0.6) is 5.75 Å². The summed E-state index contributed by atoms with van der Waals surface area (Å²) in [5.74, 6) is 1.07. The summed E-state index contributed by atoms with van der Waals surface area (Å²) < 4.78 is 8.97. The van der Waals surface area contributed by atoms with Crippen LogP contribution in [0, 0.1) is 5.92 Å².